The van der Waals surface area contributed by atoms with Crippen LogP contribution in [0.25, 0.3) is 11.3 Å². The van der Waals surface area contributed by atoms with Gasteiger partial charge < -0.3 is 4.74 Å². The largest absolute Gasteiger partial charge is 0.496 e. The third kappa shape index (κ3) is 2.58. The Balaban J connectivity index is 2.42. The van der Waals surface area contributed by atoms with Crippen molar-refractivity contribution in [1.82, 2.24) is 9.97 Å². The molecule has 0 atom stereocenters. The van der Waals surface area contributed by atoms with Crippen LogP contribution in [0.4, 0.5) is 0 Å². The van der Waals surface area contributed by atoms with E-state index < -0.39 is 0 Å². The minimum Gasteiger partial charge on any atom is -0.496 e. The minimum absolute atomic E-state index is 0.545. The van der Waals surface area contributed by atoms with Crippen molar-refractivity contribution in [3.8, 4) is 17.0 Å². The van der Waals surface area contributed by atoms with Crippen LogP contribution in [0.1, 0.15) is 11.4 Å². The second-order valence-electron chi connectivity index (χ2n) is 3.70. The van der Waals surface area contributed by atoms with E-state index in [-0.39, 0.29) is 0 Å². The summed E-state index contributed by atoms with van der Waals surface area (Å²) in [5.41, 5.74) is 3.07. The van der Waals surface area contributed by atoms with Crippen LogP contribution < -0.4 is 4.74 Å². The molecule has 0 saturated heterocycles. The van der Waals surface area contributed by atoms with Gasteiger partial charge in [0.1, 0.15) is 11.6 Å². The standard InChI is InChI=1S/C13H14N2OS/c1-9-7-10(3-4-12(9)16-2)11-5-6-14-13(8-17)15-11/h3-7,17H,8H2,1-2H3. The predicted molar refractivity (Wildman–Crippen MR) is 71.4 cm³/mol. The van der Waals surface area contributed by atoms with Crippen LogP contribution in [0.3, 0.4) is 0 Å². The van der Waals surface area contributed by atoms with Crippen molar-refractivity contribution in [2.45, 2.75) is 12.7 Å². The van der Waals surface area contributed by atoms with Crippen molar-refractivity contribution in [3.05, 3.63) is 41.9 Å². The average molecular weight is 246 g/mol. The van der Waals surface area contributed by atoms with E-state index in [2.05, 4.69) is 28.7 Å². The van der Waals surface area contributed by atoms with E-state index in [1.807, 2.05) is 25.1 Å². The molecular weight excluding hydrogens is 232 g/mol. The fraction of sp³-hybridized carbons (Fsp3) is 0.231. The molecule has 4 heteroatoms. The maximum absolute atomic E-state index is 5.24. The number of aromatic nitrogens is 2. The molecule has 2 rings (SSSR count). The first-order valence-electron chi connectivity index (χ1n) is 5.32. The Morgan fingerprint density at radius 3 is 2.76 bits per heavy atom. The lowest BCUT2D eigenvalue weighted by atomic mass is 10.1. The molecule has 0 N–H and O–H groups in total. The number of benzene rings is 1. The molecule has 88 valence electrons. The molecule has 3 nitrogen and oxygen atoms in total. The highest BCUT2D eigenvalue weighted by molar-refractivity contribution is 7.79. The predicted octanol–water partition coefficient (Wildman–Crippen LogP) is 2.89. The zero-order valence-electron chi connectivity index (χ0n) is 9.84. The highest BCUT2D eigenvalue weighted by atomic mass is 32.1. The number of rotatable bonds is 3. The van der Waals surface area contributed by atoms with Crippen molar-refractivity contribution < 1.29 is 4.74 Å². The van der Waals surface area contributed by atoms with Crippen molar-refractivity contribution in [1.29, 1.82) is 0 Å². The summed E-state index contributed by atoms with van der Waals surface area (Å²) < 4.78 is 5.24. The minimum atomic E-state index is 0.545. The molecule has 0 aliphatic heterocycles. The number of nitrogens with zero attached hydrogens (tertiary/aromatic N) is 2. The van der Waals surface area contributed by atoms with Gasteiger partial charge >= 0.3 is 0 Å². The second-order valence-corrected chi connectivity index (χ2v) is 4.02. The summed E-state index contributed by atoms with van der Waals surface area (Å²) >= 11 is 4.18. The van der Waals surface area contributed by atoms with E-state index in [0.29, 0.717) is 5.75 Å². The summed E-state index contributed by atoms with van der Waals surface area (Å²) in [6.45, 7) is 2.02. The highest BCUT2D eigenvalue weighted by Gasteiger charge is 2.04. The lowest BCUT2D eigenvalue weighted by Gasteiger charge is -2.07. The van der Waals surface area contributed by atoms with Crippen molar-refractivity contribution in [2.24, 2.45) is 0 Å². The van der Waals surface area contributed by atoms with Gasteiger partial charge in [-0.25, -0.2) is 9.97 Å². The smallest absolute Gasteiger partial charge is 0.138 e. The van der Waals surface area contributed by atoms with E-state index in [4.69, 9.17) is 4.74 Å². The van der Waals surface area contributed by atoms with E-state index in [0.717, 1.165) is 28.4 Å². The van der Waals surface area contributed by atoms with Gasteiger partial charge in [-0.05, 0) is 36.8 Å². The average Bonchev–Trinajstić information content (AvgIpc) is 2.38. The van der Waals surface area contributed by atoms with Gasteiger partial charge in [0.2, 0.25) is 0 Å². The molecule has 1 aromatic heterocycles. The Labute approximate surface area is 106 Å². The van der Waals surface area contributed by atoms with E-state index >= 15 is 0 Å². The van der Waals surface area contributed by atoms with Gasteiger partial charge in [-0.3, -0.25) is 0 Å². The Hall–Kier alpha value is -1.55. The van der Waals surface area contributed by atoms with Crippen molar-refractivity contribution in [2.75, 3.05) is 7.11 Å². The van der Waals surface area contributed by atoms with Gasteiger partial charge in [-0.2, -0.15) is 12.6 Å². The summed E-state index contributed by atoms with van der Waals surface area (Å²) in [6.07, 6.45) is 1.76. The molecule has 0 saturated carbocycles. The molecule has 0 fully saturated rings. The molecule has 0 aliphatic rings. The Bertz CT molecular complexity index is 529. The third-order valence-electron chi connectivity index (χ3n) is 2.54. The van der Waals surface area contributed by atoms with Gasteiger partial charge in [-0.1, -0.05) is 0 Å². The molecule has 0 amide bonds. The molecule has 17 heavy (non-hydrogen) atoms. The molecule has 1 heterocycles. The van der Waals surface area contributed by atoms with Crippen LogP contribution in [0, 0.1) is 6.92 Å². The van der Waals surface area contributed by atoms with Gasteiger partial charge in [0.15, 0.2) is 0 Å². The Morgan fingerprint density at radius 2 is 2.12 bits per heavy atom. The molecule has 0 radical (unpaired) electrons. The first-order valence-corrected chi connectivity index (χ1v) is 5.95. The molecule has 0 unspecified atom stereocenters. The molecule has 0 spiro atoms. The number of hydrogen-bond donors (Lipinski definition) is 1. The lowest BCUT2D eigenvalue weighted by molar-refractivity contribution is 0.412. The molecule has 0 aliphatic carbocycles. The van der Waals surface area contributed by atoms with E-state index in [1.165, 1.54) is 0 Å². The maximum atomic E-state index is 5.24. The van der Waals surface area contributed by atoms with Gasteiger partial charge in [0.05, 0.1) is 18.6 Å². The summed E-state index contributed by atoms with van der Waals surface area (Å²) in [7, 11) is 1.67. The van der Waals surface area contributed by atoms with Crippen molar-refractivity contribution in [3.63, 3.8) is 0 Å². The van der Waals surface area contributed by atoms with Gasteiger partial charge in [-0.15, -0.1) is 0 Å². The quantitative estimate of drug-likeness (QED) is 0.846. The van der Waals surface area contributed by atoms with Crippen LogP contribution in [-0.2, 0) is 5.75 Å². The number of ether oxygens (including phenoxy) is 1. The molecule has 2 aromatic rings. The maximum Gasteiger partial charge on any atom is 0.138 e. The van der Waals surface area contributed by atoms with E-state index in [1.54, 1.807) is 13.3 Å². The van der Waals surface area contributed by atoms with Crippen LogP contribution in [0.15, 0.2) is 30.5 Å². The zero-order chi connectivity index (χ0) is 12.3. The topological polar surface area (TPSA) is 35.0 Å². The second kappa shape index (κ2) is 5.19. The van der Waals surface area contributed by atoms with Crippen LogP contribution >= 0.6 is 12.6 Å². The fourth-order valence-electron chi connectivity index (χ4n) is 1.67. The van der Waals surface area contributed by atoms with Crippen molar-refractivity contribution >= 4 is 12.6 Å². The number of methoxy groups -OCH3 is 1. The SMILES string of the molecule is COc1ccc(-c2ccnc(CS)n2)cc1C. The number of thiol groups is 1. The Kier molecular flexibility index (Phi) is 3.64. The fourth-order valence-corrected chi connectivity index (χ4v) is 1.83. The zero-order valence-corrected chi connectivity index (χ0v) is 10.7. The van der Waals surface area contributed by atoms with Crippen LogP contribution in [0.5, 0.6) is 5.75 Å². The van der Waals surface area contributed by atoms with Gasteiger partial charge in [0.25, 0.3) is 0 Å². The summed E-state index contributed by atoms with van der Waals surface area (Å²) in [5, 5.41) is 0. The number of hydrogen-bond acceptors (Lipinski definition) is 4. The lowest BCUT2D eigenvalue weighted by Crippen LogP contribution is -1.94. The normalized spacial score (nSPS) is 10.3. The third-order valence-corrected chi connectivity index (χ3v) is 2.82. The monoisotopic (exact) mass is 246 g/mol. The molecule has 1 aromatic carbocycles. The summed E-state index contributed by atoms with van der Waals surface area (Å²) in [5.74, 6) is 2.17. The summed E-state index contributed by atoms with van der Waals surface area (Å²) in [6, 6.07) is 7.90. The van der Waals surface area contributed by atoms with E-state index in [9.17, 15) is 0 Å². The first-order chi connectivity index (χ1) is 8.24. The Morgan fingerprint density at radius 1 is 1.29 bits per heavy atom. The number of aryl methyl sites for hydroxylation is 1. The summed E-state index contributed by atoms with van der Waals surface area (Å²) in [4.78, 5) is 8.56. The molecular formula is C13H14N2OS. The van der Waals surface area contributed by atoms with Crippen LogP contribution in [0.2, 0.25) is 0 Å². The highest BCUT2D eigenvalue weighted by Crippen LogP contribution is 2.24. The van der Waals surface area contributed by atoms with Gasteiger partial charge in [0, 0.05) is 11.8 Å². The van der Waals surface area contributed by atoms with Crippen LogP contribution in [-0.4, -0.2) is 17.1 Å². The first kappa shape index (κ1) is 11.9. The molecule has 0 bridgehead atoms.